The Labute approximate surface area is 104 Å². The molecule has 0 saturated carbocycles. The normalized spacial score (nSPS) is 0. The van der Waals surface area contributed by atoms with Gasteiger partial charge in [-0.1, -0.05) is 0 Å². The molecule has 0 atom stereocenters. The van der Waals surface area contributed by atoms with E-state index in [0.29, 0.717) is 0 Å². The minimum Gasteiger partial charge on any atom is -1.00 e. The zero-order valence-corrected chi connectivity index (χ0v) is 11.8. The maximum absolute atomic E-state index is 0. The van der Waals surface area contributed by atoms with Crippen molar-refractivity contribution in [2.24, 2.45) is 0 Å². The molecule has 22 valence electrons. The van der Waals surface area contributed by atoms with E-state index in [9.17, 15) is 0 Å². The van der Waals surface area contributed by atoms with Crippen molar-refractivity contribution in [1.82, 2.24) is 0 Å². The fourth-order valence-corrected chi connectivity index (χ4v) is 0. The van der Waals surface area contributed by atoms with E-state index in [2.05, 4.69) is 0 Å². The molecular weight excluding hydrogens is 245 g/mol. The van der Waals surface area contributed by atoms with Gasteiger partial charge in [0.2, 0.25) is 0 Å². The van der Waals surface area contributed by atoms with E-state index in [1.165, 1.54) is 0 Å². The molecule has 0 N–H and O–H groups in total. The molecule has 4 heteroatoms. The molecule has 0 amide bonds. The number of hydrogen-bond acceptors (Lipinski definition) is 0. The molecule has 0 fully saturated rings. The van der Waals surface area contributed by atoms with E-state index < -0.39 is 0 Å². The van der Waals surface area contributed by atoms with Crippen LogP contribution in [0.1, 0.15) is 5.71 Å². The summed E-state index contributed by atoms with van der Waals surface area (Å²) >= 11 is 0. The van der Waals surface area contributed by atoms with Crippen molar-refractivity contribution >= 4 is 82.9 Å². The van der Waals surface area contributed by atoms with Gasteiger partial charge in [0.25, 0.3) is 0 Å². The smallest absolute Gasteiger partial charge is 1.00 e. The zero-order chi connectivity index (χ0) is 0. The molecule has 0 nitrogen and oxygen atoms in total. The second-order valence-electron chi connectivity index (χ2n) is 0. The van der Waals surface area contributed by atoms with Crippen molar-refractivity contribution in [2.45, 2.75) is 0 Å². The van der Waals surface area contributed by atoms with Gasteiger partial charge < -0.3 is 5.71 Å². The van der Waals surface area contributed by atoms with Crippen LogP contribution in [-0.2, 0) is 17.1 Å². The fourth-order valence-electron chi connectivity index (χ4n) is 0. The van der Waals surface area contributed by atoms with E-state index in [0.717, 1.165) is 0 Å². The van der Waals surface area contributed by atoms with Crippen LogP contribution >= 0.6 is 0 Å². The van der Waals surface area contributed by atoms with Crippen LogP contribution in [0.4, 0.5) is 0 Å². The van der Waals surface area contributed by atoms with Gasteiger partial charge >= 0.3 is 71.9 Å². The van der Waals surface area contributed by atoms with Crippen LogP contribution in [-0.4, -0.2) is 82.9 Å². The van der Waals surface area contributed by atoms with Crippen LogP contribution in [0.2, 0.25) is 0 Å². The summed E-state index contributed by atoms with van der Waals surface area (Å²) in [6.45, 7) is 0. The molecule has 0 rings (SSSR count). The Morgan fingerprint density at radius 3 is 1.25 bits per heavy atom. The summed E-state index contributed by atoms with van der Waals surface area (Å²) in [5.41, 5.74) is 0. The van der Waals surface area contributed by atoms with Crippen molar-refractivity contribution < 1.29 is 22.8 Å². The molecule has 0 bridgehead atoms. The van der Waals surface area contributed by atoms with Crippen LogP contribution in [0.15, 0.2) is 0 Å². The molecule has 0 aromatic carbocycles. The first-order valence-corrected chi connectivity index (χ1v) is 0. The Morgan fingerprint density at radius 1 is 1.25 bits per heavy atom. The van der Waals surface area contributed by atoms with Gasteiger partial charge in [0.1, 0.15) is 0 Å². The second kappa shape index (κ2) is 16.5. The second-order valence-corrected chi connectivity index (χ2v) is 0. The molecule has 0 heterocycles. The first-order valence-electron chi connectivity index (χ1n) is 0. The average Bonchev–Trinajstić information content (AvgIpc) is 0. The van der Waals surface area contributed by atoms with Crippen molar-refractivity contribution in [1.29, 1.82) is 0 Å². The van der Waals surface area contributed by atoms with E-state index in [1.54, 1.807) is 0 Å². The quantitative estimate of drug-likeness (QED) is 0.460. The summed E-state index contributed by atoms with van der Waals surface area (Å²) in [5.74, 6) is 0. The van der Waals surface area contributed by atoms with Crippen molar-refractivity contribution in [3.8, 4) is 0 Å². The molecule has 2 radical (unpaired) electrons. The molecular formula is H7BaMgMnSi. The maximum Gasteiger partial charge on any atom is 2.00 e. The monoisotopic (exact) mass is 252 g/mol. The van der Waals surface area contributed by atoms with E-state index in [1.807, 2.05) is 0 Å². The zero-order valence-electron chi connectivity index (χ0n) is 6.79. The Kier molecular flexibility index (Phi) is 114. The minimum absolute atomic E-state index is 0. The van der Waals surface area contributed by atoms with Crippen LogP contribution in [0.25, 0.3) is 0 Å². The molecule has 0 aliphatic carbocycles. The van der Waals surface area contributed by atoms with Gasteiger partial charge in [0.05, 0.1) is 0 Å². The van der Waals surface area contributed by atoms with Crippen LogP contribution < -0.4 is 0 Å². The predicted octanol–water partition coefficient (Wildman–Crippen LogP) is -1.50. The van der Waals surface area contributed by atoms with Gasteiger partial charge in [-0.15, -0.1) is 0 Å². The largest absolute Gasteiger partial charge is 2.00 e. The Balaban J connectivity index is 0. The average molecular weight is 252 g/mol. The molecule has 0 aliphatic heterocycles. The summed E-state index contributed by atoms with van der Waals surface area (Å²) in [5, 5.41) is 0. The van der Waals surface area contributed by atoms with Crippen molar-refractivity contribution in [3.05, 3.63) is 0 Å². The first-order chi connectivity index (χ1) is 0. The molecule has 0 aromatic rings. The van der Waals surface area contributed by atoms with E-state index in [4.69, 9.17) is 0 Å². The number of hydrogen-bond donors (Lipinski definition) is 0. The van der Waals surface area contributed by atoms with Crippen LogP contribution in [0.3, 0.4) is 0 Å². The van der Waals surface area contributed by atoms with Gasteiger partial charge in [0, 0.05) is 17.1 Å². The molecule has 0 spiro atoms. The van der Waals surface area contributed by atoms with Gasteiger partial charge in [0.15, 0.2) is 0 Å². The predicted molar refractivity (Wildman–Crippen MR) is 25.9 cm³/mol. The summed E-state index contributed by atoms with van der Waals surface area (Å²) in [4.78, 5) is 0. The van der Waals surface area contributed by atoms with Gasteiger partial charge in [-0.05, 0) is 11.0 Å². The molecule has 0 saturated heterocycles. The summed E-state index contributed by atoms with van der Waals surface area (Å²) < 4.78 is 0. The molecule has 0 aliphatic rings. The fraction of sp³-hybridized carbons (Fsp3) is 0. The summed E-state index contributed by atoms with van der Waals surface area (Å²) in [6.07, 6.45) is 0. The molecule has 4 heavy (non-hydrogen) atoms. The van der Waals surface area contributed by atoms with Crippen molar-refractivity contribution in [2.75, 3.05) is 0 Å². The third kappa shape index (κ3) is 8.91. The van der Waals surface area contributed by atoms with Gasteiger partial charge in [-0.25, -0.2) is 0 Å². The summed E-state index contributed by atoms with van der Waals surface area (Å²) in [6, 6.07) is 0. The van der Waals surface area contributed by atoms with E-state index in [-0.39, 0.29) is 106 Å². The SMILES string of the molecule is [Ba+2].[H-].[H-].[H-].[H-].[Mg+2].[Mn].[SiH3]. The maximum atomic E-state index is 0. The summed E-state index contributed by atoms with van der Waals surface area (Å²) in [7, 11) is 0. The third-order valence-electron chi connectivity index (χ3n) is 0. The number of rotatable bonds is 0. The molecule has 0 unspecified atom stereocenters. The van der Waals surface area contributed by atoms with Gasteiger partial charge in [-0.2, -0.15) is 0 Å². The first kappa shape index (κ1) is 27.6. The van der Waals surface area contributed by atoms with Crippen molar-refractivity contribution in [3.63, 3.8) is 0 Å². The van der Waals surface area contributed by atoms with Gasteiger partial charge in [-0.3, -0.25) is 0 Å². The van der Waals surface area contributed by atoms with E-state index >= 15 is 0 Å². The Hall–Kier alpha value is 3.07. The Bertz CT molecular complexity index is 16.0. The molecule has 0 aromatic heterocycles. The standard InChI is InChI=1S/Ba.Mg.Mn.H3Si.4H/h;;;1H3;;;;/q2*+2;;;4*-1. The van der Waals surface area contributed by atoms with Crippen LogP contribution in [0, 0.1) is 0 Å². The van der Waals surface area contributed by atoms with Crippen LogP contribution in [0.5, 0.6) is 0 Å². The third-order valence-corrected chi connectivity index (χ3v) is 0. The Morgan fingerprint density at radius 2 is 1.25 bits per heavy atom. The topological polar surface area (TPSA) is 0 Å². The minimum atomic E-state index is 0.